The largest absolute Gasteiger partial charge is 0.367 e. The number of hydrogen-bond acceptors (Lipinski definition) is 4. The molecule has 1 atom stereocenters. The molecule has 0 aromatic heterocycles. The molecule has 1 amide bonds. The molecular weight excluding hydrogens is 446 g/mol. The first-order valence-electron chi connectivity index (χ1n) is 11.9. The van der Waals surface area contributed by atoms with Crippen LogP contribution in [0.1, 0.15) is 29.2 Å². The highest BCUT2D eigenvalue weighted by molar-refractivity contribution is 6.03. The Morgan fingerprint density at radius 2 is 1.60 bits per heavy atom. The van der Waals surface area contributed by atoms with E-state index >= 15 is 0 Å². The second-order valence-corrected chi connectivity index (χ2v) is 9.14. The van der Waals surface area contributed by atoms with Gasteiger partial charge < -0.3 is 4.90 Å². The molecule has 0 N–H and O–H groups in total. The van der Waals surface area contributed by atoms with Gasteiger partial charge in [-0.15, -0.1) is 0 Å². The highest BCUT2D eigenvalue weighted by atomic mass is 19.1. The van der Waals surface area contributed by atoms with E-state index in [1.54, 1.807) is 29.3 Å². The Kier molecular flexibility index (Phi) is 6.59. The zero-order chi connectivity index (χ0) is 24.4. The third kappa shape index (κ3) is 5.10. The van der Waals surface area contributed by atoms with Crippen molar-refractivity contribution < 1.29 is 13.6 Å². The first-order chi connectivity index (χ1) is 17.0. The van der Waals surface area contributed by atoms with Gasteiger partial charge in [0.1, 0.15) is 11.6 Å². The highest BCUT2D eigenvalue weighted by Gasteiger charge is 2.34. The number of carbonyl (C=O) groups excluding carboxylic acids is 1. The number of carbonyl (C=O) groups is 1. The molecule has 0 bridgehead atoms. The van der Waals surface area contributed by atoms with Crippen molar-refractivity contribution in [3.63, 3.8) is 0 Å². The van der Waals surface area contributed by atoms with Crippen LogP contribution in [0.2, 0.25) is 0 Å². The molecule has 2 heterocycles. The molecule has 5 nitrogen and oxygen atoms in total. The van der Waals surface area contributed by atoms with Gasteiger partial charge in [-0.3, -0.25) is 9.69 Å². The van der Waals surface area contributed by atoms with E-state index in [9.17, 15) is 13.6 Å². The van der Waals surface area contributed by atoms with Gasteiger partial charge in [-0.05, 0) is 42.3 Å². The van der Waals surface area contributed by atoms with Crippen molar-refractivity contribution in [3.05, 3.63) is 101 Å². The molecule has 0 saturated carbocycles. The number of anilines is 1. The maximum absolute atomic E-state index is 14.2. The molecule has 3 aromatic rings. The lowest BCUT2D eigenvalue weighted by molar-refractivity contribution is -0.134. The fourth-order valence-electron chi connectivity index (χ4n) is 4.72. The molecular formula is C28H28F2N4O. The quantitative estimate of drug-likeness (QED) is 0.535. The third-order valence-electron chi connectivity index (χ3n) is 6.73. The van der Waals surface area contributed by atoms with Crippen molar-refractivity contribution in [3.8, 4) is 0 Å². The summed E-state index contributed by atoms with van der Waals surface area (Å²) in [5.41, 5.74) is 4.44. The van der Waals surface area contributed by atoms with Crippen molar-refractivity contribution >= 4 is 17.3 Å². The Labute approximate surface area is 204 Å². The van der Waals surface area contributed by atoms with Gasteiger partial charge in [0.05, 0.1) is 24.0 Å². The van der Waals surface area contributed by atoms with Crippen LogP contribution in [0.5, 0.6) is 0 Å². The minimum atomic E-state index is -0.308. The van der Waals surface area contributed by atoms with Gasteiger partial charge in [0.15, 0.2) is 0 Å². The van der Waals surface area contributed by atoms with Gasteiger partial charge in [-0.1, -0.05) is 54.1 Å². The summed E-state index contributed by atoms with van der Waals surface area (Å²) in [7, 11) is 0. The summed E-state index contributed by atoms with van der Waals surface area (Å²) in [5.74, 6) is -0.632. The first kappa shape index (κ1) is 23.2. The van der Waals surface area contributed by atoms with Crippen LogP contribution in [0.15, 0.2) is 77.9 Å². The summed E-state index contributed by atoms with van der Waals surface area (Å²) in [5, 5.41) is 6.29. The Hall–Kier alpha value is -3.58. The molecule has 3 aromatic carbocycles. The standard InChI is InChI=1S/C28H28F2N4O/c1-20-6-8-21(9-7-20)25-18-27(22-10-12-23(29)13-11-22)34(31-25)28(35)19-32-14-16-33(17-15-32)26-5-3-2-4-24(26)30/h2-13,27H,14-19H2,1H3. The van der Waals surface area contributed by atoms with Gasteiger partial charge in [0, 0.05) is 32.6 Å². The number of para-hydroxylation sites is 1. The summed E-state index contributed by atoms with van der Waals surface area (Å²) < 4.78 is 27.7. The average molecular weight is 475 g/mol. The normalized spacial score (nSPS) is 18.6. The van der Waals surface area contributed by atoms with E-state index in [0.29, 0.717) is 38.3 Å². The second kappa shape index (κ2) is 9.96. The lowest BCUT2D eigenvalue weighted by atomic mass is 9.98. The lowest BCUT2D eigenvalue weighted by Gasteiger charge is -2.36. The Morgan fingerprint density at radius 3 is 2.29 bits per heavy atom. The molecule has 5 rings (SSSR count). The van der Waals surface area contributed by atoms with Crippen LogP contribution < -0.4 is 4.90 Å². The number of aryl methyl sites for hydroxylation is 1. The molecule has 35 heavy (non-hydrogen) atoms. The topological polar surface area (TPSA) is 39.2 Å². The molecule has 180 valence electrons. The zero-order valence-electron chi connectivity index (χ0n) is 19.7. The summed E-state index contributed by atoms with van der Waals surface area (Å²) in [4.78, 5) is 17.5. The van der Waals surface area contributed by atoms with Crippen molar-refractivity contribution in [2.24, 2.45) is 5.10 Å². The van der Waals surface area contributed by atoms with Gasteiger partial charge in [0.2, 0.25) is 0 Å². The Morgan fingerprint density at radius 1 is 0.914 bits per heavy atom. The molecule has 1 unspecified atom stereocenters. The number of nitrogens with zero attached hydrogens (tertiary/aromatic N) is 4. The van der Waals surface area contributed by atoms with E-state index in [0.717, 1.165) is 22.4 Å². The summed E-state index contributed by atoms with van der Waals surface area (Å²) in [6, 6.07) is 20.9. The fraction of sp³-hybridized carbons (Fsp3) is 0.286. The molecule has 0 aliphatic carbocycles. The van der Waals surface area contributed by atoms with Crippen molar-refractivity contribution in [1.29, 1.82) is 0 Å². The van der Waals surface area contributed by atoms with E-state index in [-0.39, 0.29) is 30.1 Å². The predicted molar refractivity (Wildman–Crippen MR) is 133 cm³/mol. The van der Waals surface area contributed by atoms with Crippen molar-refractivity contribution in [2.75, 3.05) is 37.6 Å². The van der Waals surface area contributed by atoms with Crippen LogP contribution in [-0.2, 0) is 4.79 Å². The Balaban J connectivity index is 1.30. The molecule has 0 spiro atoms. The van der Waals surface area contributed by atoms with E-state index < -0.39 is 0 Å². The number of hydrazone groups is 1. The number of piperazine rings is 1. The highest BCUT2D eigenvalue weighted by Crippen LogP contribution is 2.33. The monoisotopic (exact) mass is 474 g/mol. The van der Waals surface area contributed by atoms with Gasteiger partial charge in [0.25, 0.3) is 5.91 Å². The summed E-state index contributed by atoms with van der Waals surface area (Å²) in [6.07, 6.45) is 0.571. The zero-order valence-corrected chi connectivity index (χ0v) is 19.7. The third-order valence-corrected chi connectivity index (χ3v) is 6.73. The van der Waals surface area contributed by atoms with E-state index in [4.69, 9.17) is 5.10 Å². The number of halogens is 2. The van der Waals surface area contributed by atoms with Crippen molar-refractivity contribution in [2.45, 2.75) is 19.4 Å². The minimum Gasteiger partial charge on any atom is -0.367 e. The summed E-state index contributed by atoms with van der Waals surface area (Å²) in [6.45, 7) is 4.87. The number of amides is 1. The number of benzene rings is 3. The molecule has 1 fully saturated rings. The second-order valence-electron chi connectivity index (χ2n) is 9.14. The van der Waals surface area contributed by atoms with Crippen LogP contribution in [0.4, 0.5) is 14.5 Å². The van der Waals surface area contributed by atoms with E-state index in [1.807, 2.05) is 42.2 Å². The molecule has 2 aliphatic rings. The van der Waals surface area contributed by atoms with Crippen molar-refractivity contribution in [1.82, 2.24) is 9.91 Å². The van der Waals surface area contributed by atoms with Gasteiger partial charge >= 0.3 is 0 Å². The molecule has 2 aliphatic heterocycles. The van der Waals surface area contributed by atoms with Crippen LogP contribution >= 0.6 is 0 Å². The van der Waals surface area contributed by atoms with Crippen LogP contribution in [-0.4, -0.2) is 54.3 Å². The van der Waals surface area contributed by atoms with E-state index in [2.05, 4.69) is 4.90 Å². The SMILES string of the molecule is Cc1ccc(C2=NN(C(=O)CN3CCN(c4ccccc4F)CC3)C(c3ccc(F)cc3)C2)cc1. The fourth-order valence-corrected chi connectivity index (χ4v) is 4.72. The number of hydrogen-bond donors (Lipinski definition) is 0. The van der Waals surface area contributed by atoms with Crippen LogP contribution in [0.25, 0.3) is 0 Å². The summed E-state index contributed by atoms with van der Waals surface area (Å²) >= 11 is 0. The molecule has 1 saturated heterocycles. The predicted octanol–water partition coefficient (Wildman–Crippen LogP) is 4.77. The Bertz CT molecular complexity index is 1220. The smallest absolute Gasteiger partial charge is 0.257 e. The maximum atomic E-state index is 14.2. The molecule has 0 radical (unpaired) electrons. The van der Waals surface area contributed by atoms with Gasteiger partial charge in [-0.25, -0.2) is 13.8 Å². The minimum absolute atomic E-state index is 0.0965. The lowest BCUT2D eigenvalue weighted by Crippen LogP contribution is -2.49. The number of rotatable bonds is 5. The van der Waals surface area contributed by atoms with Crippen LogP contribution in [0.3, 0.4) is 0 Å². The first-order valence-corrected chi connectivity index (χ1v) is 11.9. The van der Waals surface area contributed by atoms with E-state index in [1.165, 1.54) is 18.2 Å². The maximum Gasteiger partial charge on any atom is 0.257 e. The van der Waals surface area contributed by atoms with Gasteiger partial charge in [-0.2, -0.15) is 5.10 Å². The van der Waals surface area contributed by atoms with Crippen LogP contribution in [0, 0.1) is 18.6 Å². The molecule has 7 heteroatoms. The average Bonchev–Trinajstić information content (AvgIpc) is 3.31.